The minimum Gasteiger partial charge on any atom is -0.493 e. The summed E-state index contributed by atoms with van der Waals surface area (Å²) >= 11 is 0. The third-order valence-electron chi connectivity index (χ3n) is 4.63. The van der Waals surface area contributed by atoms with E-state index >= 15 is 0 Å². The Morgan fingerprint density at radius 1 is 1.03 bits per heavy atom. The lowest BCUT2D eigenvalue weighted by molar-refractivity contribution is 0.355. The number of benzene rings is 1. The maximum atomic E-state index is 11.6. The second-order valence-electron chi connectivity index (χ2n) is 6.95. The molecule has 8 nitrogen and oxygen atoms in total. The van der Waals surface area contributed by atoms with E-state index in [1.807, 2.05) is 25.1 Å². The number of sulfonamides is 1. The fourth-order valence-corrected chi connectivity index (χ4v) is 3.67. The Balaban J connectivity index is 2.10. The van der Waals surface area contributed by atoms with E-state index in [1.54, 1.807) is 33.4 Å². The van der Waals surface area contributed by atoms with Crippen LogP contribution in [0.25, 0.3) is 11.3 Å². The van der Waals surface area contributed by atoms with Crippen LogP contribution in [0.5, 0.6) is 11.5 Å². The Morgan fingerprint density at radius 3 is 2.44 bits per heavy atom. The van der Waals surface area contributed by atoms with Crippen LogP contribution in [0.2, 0.25) is 0 Å². The summed E-state index contributed by atoms with van der Waals surface area (Å²) in [6.07, 6.45) is 4.87. The zero-order valence-electron chi connectivity index (χ0n) is 18.6. The third-order valence-corrected chi connectivity index (χ3v) is 5.22. The highest BCUT2D eigenvalue weighted by atomic mass is 32.2. The van der Waals surface area contributed by atoms with Crippen LogP contribution >= 0.6 is 0 Å². The number of ether oxygens (including phenoxy) is 2. The van der Waals surface area contributed by atoms with Gasteiger partial charge in [0.25, 0.3) is 0 Å². The van der Waals surface area contributed by atoms with E-state index in [1.165, 1.54) is 6.33 Å². The number of nitrogens with zero attached hydrogens (tertiary/aromatic N) is 3. The zero-order chi connectivity index (χ0) is 23.3. The molecule has 32 heavy (non-hydrogen) atoms. The van der Waals surface area contributed by atoms with E-state index in [-0.39, 0.29) is 0 Å². The molecule has 0 saturated heterocycles. The van der Waals surface area contributed by atoms with Gasteiger partial charge in [0.2, 0.25) is 10.0 Å². The van der Waals surface area contributed by atoms with E-state index in [0.29, 0.717) is 46.1 Å². The number of rotatable bonds is 6. The number of hydrogen-bond acceptors (Lipinski definition) is 7. The summed E-state index contributed by atoms with van der Waals surface area (Å²) in [5, 5.41) is 0. The topological polar surface area (TPSA) is 103 Å². The van der Waals surface area contributed by atoms with Crippen molar-refractivity contribution in [2.45, 2.75) is 20.3 Å². The van der Waals surface area contributed by atoms with Gasteiger partial charge in [0, 0.05) is 17.3 Å². The van der Waals surface area contributed by atoms with Crippen molar-refractivity contribution >= 4 is 15.7 Å². The van der Waals surface area contributed by atoms with Gasteiger partial charge < -0.3 is 9.47 Å². The fourth-order valence-electron chi connectivity index (χ4n) is 3.06. The number of nitrogens with one attached hydrogen (secondary N) is 1. The Morgan fingerprint density at radius 2 is 1.78 bits per heavy atom. The van der Waals surface area contributed by atoms with Crippen LogP contribution in [0.3, 0.4) is 0 Å². The standard InChI is InChI=1S/C23H24N4O4S/c1-6-19-18(9-7-16-11-20(15(2)24-13-16)27-32(5,28)29)23(26-14-25-19)17-8-10-21(30-3)22(12-17)31-4/h8,10-14,27H,6H2,1-5H3. The molecule has 0 bridgehead atoms. The molecule has 2 heterocycles. The number of anilines is 1. The number of aryl methyl sites for hydroxylation is 2. The number of methoxy groups -OCH3 is 2. The van der Waals surface area contributed by atoms with Crippen LogP contribution in [-0.4, -0.2) is 43.8 Å². The van der Waals surface area contributed by atoms with Crippen molar-refractivity contribution in [2.24, 2.45) is 0 Å². The molecule has 0 unspecified atom stereocenters. The van der Waals surface area contributed by atoms with Gasteiger partial charge in [-0.3, -0.25) is 9.71 Å². The summed E-state index contributed by atoms with van der Waals surface area (Å²) in [6.45, 7) is 3.72. The van der Waals surface area contributed by atoms with Gasteiger partial charge in [-0.2, -0.15) is 0 Å². The molecular weight excluding hydrogens is 428 g/mol. The Kier molecular flexibility index (Phi) is 6.95. The van der Waals surface area contributed by atoms with E-state index in [4.69, 9.17) is 9.47 Å². The first-order chi connectivity index (χ1) is 15.3. The lowest BCUT2D eigenvalue weighted by Gasteiger charge is -2.11. The summed E-state index contributed by atoms with van der Waals surface area (Å²) in [5.74, 6) is 7.43. The summed E-state index contributed by atoms with van der Waals surface area (Å²) in [6, 6.07) is 7.19. The molecular formula is C23H24N4O4S. The molecule has 0 spiro atoms. The molecule has 0 aliphatic carbocycles. The van der Waals surface area contributed by atoms with Crippen molar-refractivity contribution in [3.8, 4) is 34.6 Å². The van der Waals surface area contributed by atoms with Crippen LogP contribution in [0, 0.1) is 18.8 Å². The van der Waals surface area contributed by atoms with Gasteiger partial charge in [-0.15, -0.1) is 0 Å². The number of hydrogen-bond donors (Lipinski definition) is 1. The van der Waals surface area contributed by atoms with Gasteiger partial charge >= 0.3 is 0 Å². The monoisotopic (exact) mass is 452 g/mol. The molecule has 0 saturated carbocycles. The molecule has 0 fully saturated rings. The molecule has 2 aromatic heterocycles. The first kappa shape index (κ1) is 23.0. The van der Waals surface area contributed by atoms with Crippen molar-refractivity contribution in [3.05, 3.63) is 59.3 Å². The number of aromatic nitrogens is 3. The maximum Gasteiger partial charge on any atom is 0.229 e. The first-order valence-corrected chi connectivity index (χ1v) is 11.7. The molecule has 9 heteroatoms. The second-order valence-corrected chi connectivity index (χ2v) is 8.70. The quantitative estimate of drug-likeness (QED) is 0.573. The highest BCUT2D eigenvalue weighted by Gasteiger charge is 2.14. The average Bonchev–Trinajstić information content (AvgIpc) is 2.77. The summed E-state index contributed by atoms with van der Waals surface area (Å²) in [4.78, 5) is 13.1. The van der Waals surface area contributed by atoms with E-state index < -0.39 is 10.0 Å². The predicted molar refractivity (Wildman–Crippen MR) is 123 cm³/mol. The van der Waals surface area contributed by atoms with Crippen molar-refractivity contribution in [1.82, 2.24) is 15.0 Å². The predicted octanol–water partition coefficient (Wildman–Crippen LogP) is 3.20. The summed E-state index contributed by atoms with van der Waals surface area (Å²) < 4.78 is 36.4. The van der Waals surface area contributed by atoms with Gasteiger partial charge in [-0.25, -0.2) is 18.4 Å². The molecule has 0 amide bonds. The molecule has 0 aliphatic rings. The molecule has 1 N–H and O–H groups in total. The van der Waals surface area contributed by atoms with Crippen LogP contribution in [-0.2, 0) is 16.4 Å². The zero-order valence-corrected chi connectivity index (χ0v) is 19.4. The van der Waals surface area contributed by atoms with Crippen molar-refractivity contribution in [1.29, 1.82) is 0 Å². The lowest BCUT2D eigenvalue weighted by atomic mass is 10.0. The van der Waals surface area contributed by atoms with Crippen LogP contribution in [0.4, 0.5) is 5.69 Å². The molecule has 0 aliphatic heterocycles. The Bertz CT molecular complexity index is 1310. The second kappa shape index (κ2) is 9.66. The van der Waals surface area contributed by atoms with Crippen molar-refractivity contribution in [2.75, 3.05) is 25.2 Å². The Hall–Kier alpha value is -3.64. The summed E-state index contributed by atoms with van der Waals surface area (Å²) in [5.41, 5.74) is 4.47. The molecule has 3 rings (SSSR count). The van der Waals surface area contributed by atoms with Gasteiger partial charge in [-0.05, 0) is 37.6 Å². The van der Waals surface area contributed by atoms with Crippen LogP contribution in [0.15, 0.2) is 36.8 Å². The van der Waals surface area contributed by atoms with Gasteiger partial charge in [0.1, 0.15) is 6.33 Å². The smallest absolute Gasteiger partial charge is 0.229 e. The van der Waals surface area contributed by atoms with E-state index in [0.717, 1.165) is 17.5 Å². The van der Waals surface area contributed by atoms with Gasteiger partial charge in [0.05, 0.1) is 48.8 Å². The first-order valence-electron chi connectivity index (χ1n) is 9.78. The minimum atomic E-state index is -3.43. The maximum absolute atomic E-state index is 11.6. The van der Waals surface area contributed by atoms with Crippen LogP contribution in [0.1, 0.15) is 29.4 Å². The highest BCUT2D eigenvalue weighted by molar-refractivity contribution is 7.92. The van der Waals surface area contributed by atoms with Gasteiger partial charge in [0.15, 0.2) is 11.5 Å². The molecule has 0 atom stereocenters. The highest BCUT2D eigenvalue weighted by Crippen LogP contribution is 2.33. The lowest BCUT2D eigenvalue weighted by Crippen LogP contribution is -2.11. The van der Waals surface area contributed by atoms with Crippen molar-refractivity contribution < 1.29 is 17.9 Å². The molecule has 1 aromatic carbocycles. The van der Waals surface area contributed by atoms with Crippen molar-refractivity contribution in [3.63, 3.8) is 0 Å². The third kappa shape index (κ3) is 5.34. The van der Waals surface area contributed by atoms with E-state index in [9.17, 15) is 8.42 Å². The van der Waals surface area contributed by atoms with Crippen LogP contribution < -0.4 is 14.2 Å². The SMILES string of the molecule is CCc1ncnc(-c2ccc(OC)c(OC)c2)c1C#Cc1cnc(C)c(NS(C)(=O)=O)c1. The summed E-state index contributed by atoms with van der Waals surface area (Å²) in [7, 11) is -0.274. The fraction of sp³-hybridized carbons (Fsp3) is 0.261. The average molecular weight is 453 g/mol. The van der Waals surface area contributed by atoms with E-state index in [2.05, 4.69) is 31.5 Å². The Labute approximate surface area is 188 Å². The minimum absolute atomic E-state index is 0.388. The largest absolute Gasteiger partial charge is 0.493 e. The van der Waals surface area contributed by atoms with Gasteiger partial charge in [-0.1, -0.05) is 18.8 Å². The normalized spacial score (nSPS) is 10.8. The molecule has 0 radical (unpaired) electrons. The molecule has 166 valence electrons. The number of pyridine rings is 1. The molecule has 3 aromatic rings.